The van der Waals surface area contributed by atoms with E-state index in [9.17, 15) is 18.0 Å². The minimum Gasteiger partial charge on any atom is -0.478 e. The van der Waals surface area contributed by atoms with E-state index < -0.39 is 18.2 Å². The Balaban J connectivity index is 2.57. The maximum atomic E-state index is 12.8. The lowest BCUT2D eigenvalue weighted by molar-refractivity contribution is -0.149. The van der Waals surface area contributed by atoms with E-state index in [2.05, 4.69) is 4.98 Å². The second-order valence-electron chi connectivity index (χ2n) is 4.89. The van der Waals surface area contributed by atoms with E-state index in [-0.39, 0.29) is 16.7 Å². The van der Waals surface area contributed by atoms with Gasteiger partial charge in [-0.15, -0.1) is 0 Å². The predicted molar refractivity (Wildman–Crippen MR) is 74.4 cm³/mol. The molecule has 0 radical (unpaired) electrons. The van der Waals surface area contributed by atoms with Crippen LogP contribution in [-0.2, 0) is 0 Å². The number of carboxylic acid groups (broad SMARTS) is 1. The number of alkyl halides is 3. The third-order valence-electron chi connectivity index (χ3n) is 3.12. The number of benzene rings is 1. The molecule has 2 rings (SSSR count). The van der Waals surface area contributed by atoms with Gasteiger partial charge in [0.2, 0.25) is 0 Å². The molecular formula is C15H13F3N2O2. The van der Waals surface area contributed by atoms with Gasteiger partial charge >= 0.3 is 12.1 Å². The number of aromatic nitrogens is 1. The Labute approximate surface area is 124 Å². The highest BCUT2D eigenvalue weighted by molar-refractivity contribution is 5.89. The highest BCUT2D eigenvalue weighted by Gasteiger charge is 2.38. The molecule has 1 aromatic carbocycles. The third kappa shape index (κ3) is 3.43. The molecule has 0 amide bonds. The molecule has 0 aliphatic carbocycles. The first-order valence-corrected chi connectivity index (χ1v) is 6.32. The Kier molecular flexibility index (Phi) is 4.18. The normalized spacial score (nSPS) is 13.0. The lowest BCUT2D eigenvalue weighted by Crippen LogP contribution is -2.28. The van der Waals surface area contributed by atoms with Gasteiger partial charge in [-0.25, -0.2) is 4.79 Å². The molecular weight excluding hydrogens is 297 g/mol. The van der Waals surface area contributed by atoms with Crippen molar-refractivity contribution < 1.29 is 23.1 Å². The first-order chi connectivity index (χ1) is 10.2. The van der Waals surface area contributed by atoms with Gasteiger partial charge in [-0.2, -0.15) is 13.2 Å². The van der Waals surface area contributed by atoms with E-state index in [4.69, 9.17) is 10.8 Å². The molecule has 4 nitrogen and oxygen atoms in total. The summed E-state index contributed by atoms with van der Waals surface area (Å²) < 4.78 is 38.3. The largest absolute Gasteiger partial charge is 0.478 e. The van der Waals surface area contributed by atoms with Crippen molar-refractivity contribution in [2.75, 3.05) is 0 Å². The second kappa shape index (κ2) is 5.76. The molecule has 116 valence electrons. The van der Waals surface area contributed by atoms with Gasteiger partial charge in [-0.05, 0) is 42.3 Å². The number of carboxylic acids is 1. The van der Waals surface area contributed by atoms with E-state index in [1.807, 2.05) is 6.92 Å². The monoisotopic (exact) mass is 310 g/mol. The average molecular weight is 310 g/mol. The SMILES string of the molecule is Cc1ccc(-c2cc(C(=O)O)cc(C(N)C(F)(F)F)c2)nc1. The van der Waals surface area contributed by atoms with Gasteiger partial charge in [0.15, 0.2) is 0 Å². The van der Waals surface area contributed by atoms with Gasteiger partial charge in [-0.1, -0.05) is 6.07 Å². The number of aromatic carboxylic acids is 1. The highest BCUT2D eigenvalue weighted by atomic mass is 19.4. The topological polar surface area (TPSA) is 76.2 Å². The maximum Gasteiger partial charge on any atom is 0.407 e. The zero-order chi connectivity index (χ0) is 16.5. The lowest BCUT2D eigenvalue weighted by atomic mass is 9.98. The summed E-state index contributed by atoms with van der Waals surface area (Å²) in [4.78, 5) is 15.2. The van der Waals surface area contributed by atoms with Gasteiger partial charge in [-0.3, -0.25) is 4.98 Å². The summed E-state index contributed by atoms with van der Waals surface area (Å²) >= 11 is 0. The maximum absolute atomic E-state index is 12.8. The lowest BCUT2D eigenvalue weighted by Gasteiger charge is -2.17. The minimum atomic E-state index is -4.66. The number of pyridine rings is 1. The van der Waals surface area contributed by atoms with Gasteiger partial charge in [0.25, 0.3) is 0 Å². The second-order valence-corrected chi connectivity index (χ2v) is 4.89. The van der Waals surface area contributed by atoms with Crippen molar-refractivity contribution in [3.05, 3.63) is 53.2 Å². The Morgan fingerprint density at radius 2 is 1.95 bits per heavy atom. The Morgan fingerprint density at radius 1 is 1.27 bits per heavy atom. The van der Waals surface area contributed by atoms with Crippen LogP contribution in [-0.4, -0.2) is 22.2 Å². The van der Waals surface area contributed by atoms with Crippen molar-refractivity contribution in [3.8, 4) is 11.3 Å². The van der Waals surface area contributed by atoms with Crippen molar-refractivity contribution in [2.24, 2.45) is 5.73 Å². The predicted octanol–water partition coefficient (Wildman–Crippen LogP) is 3.32. The Bertz CT molecular complexity index is 697. The molecule has 0 bridgehead atoms. The van der Waals surface area contributed by atoms with Crippen molar-refractivity contribution in [3.63, 3.8) is 0 Å². The van der Waals surface area contributed by atoms with Gasteiger partial charge in [0.05, 0.1) is 11.3 Å². The smallest absolute Gasteiger partial charge is 0.407 e. The molecule has 22 heavy (non-hydrogen) atoms. The summed E-state index contributed by atoms with van der Waals surface area (Å²) in [5.41, 5.74) is 6.12. The van der Waals surface area contributed by atoms with Crippen LogP contribution in [0.2, 0.25) is 0 Å². The highest BCUT2D eigenvalue weighted by Crippen LogP contribution is 2.33. The van der Waals surface area contributed by atoms with Crippen LogP contribution in [0.25, 0.3) is 11.3 Å². The zero-order valence-corrected chi connectivity index (χ0v) is 11.6. The molecule has 1 unspecified atom stereocenters. The summed E-state index contributed by atoms with van der Waals surface area (Å²) in [6.07, 6.45) is -3.11. The van der Waals surface area contributed by atoms with Crippen LogP contribution < -0.4 is 5.73 Å². The number of hydrogen-bond donors (Lipinski definition) is 2. The molecule has 0 saturated carbocycles. The number of aryl methyl sites for hydroxylation is 1. The van der Waals surface area contributed by atoms with E-state index in [0.29, 0.717) is 5.69 Å². The van der Waals surface area contributed by atoms with Crippen molar-refractivity contribution >= 4 is 5.97 Å². The molecule has 1 heterocycles. The summed E-state index contributed by atoms with van der Waals surface area (Å²) in [6.45, 7) is 1.81. The first kappa shape index (κ1) is 16.0. The number of carbonyl (C=O) groups is 1. The fraction of sp³-hybridized carbons (Fsp3) is 0.200. The fourth-order valence-corrected chi connectivity index (χ4v) is 1.93. The van der Waals surface area contributed by atoms with Gasteiger partial charge in [0, 0.05) is 11.8 Å². The van der Waals surface area contributed by atoms with E-state index in [1.165, 1.54) is 12.1 Å². The summed E-state index contributed by atoms with van der Waals surface area (Å²) in [6, 6.07) is 4.50. The number of nitrogens with two attached hydrogens (primary N) is 1. The van der Waals surface area contributed by atoms with Crippen LogP contribution in [0.4, 0.5) is 13.2 Å². The van der Waals surface area contributed by atoms with Gasteiger partial charge in [0.1, 0.15) is 6.04 Å². The molecule has 3 N–H and O–H groups in total. The van der Waals surface area contributed by atoms with Crippen LogP contribution in [0.1, 0.15) is 27.5 Å². The minimum absolute atomic E-state index is 0.269. The molecule has 0 aliphatic rings. The zero-order valence-electron chi connectivity index (χ0n) is 11.6. The number of halogens is 3. The number of rotatable bonds is 3. The molecule has 0 saturated heterocycles. The molecule has 0 aliphatic heterocycles. The van der Waals surface area contributed by atoms with Crippen LogP contribution >= 0.6 is 0 Å². The standard InChI is InChI=1S/C15H13F3N2O2/c1-8-2-3-12(20-7-8)9-4-10(13(19)15(16,17)18)6-11(5-9)14(21)22/h2-7,13H,19H2,1H3,(H,21,22). The third-order valence-corrected chi connectivity index (χ3v) is 3.12. The summed E-state index contributed by atoms with van der Waals surface area (Å²) in [5.74, 6) is -1.33. The quantitative estimate of drug-likeness (QED) is 0.912. The van der Waals surface area contributed by atoms with E-state index in [1.54, 1.807) is 18.3 Å². The molecule has 1 atom stereocenters. The Morgan fingerprint density at radius 3 is 2.45 bits per heavy atom. The van der Waals surface area contributed by atoms with Crippen molar-refractivity contribution in [2.45, 2.75) is 19.1 Å². The Hall–Kier alpha value is -2.41. The van der Waals surface area contributed by atoms with E-state index >= 15 is 0 Å². The van der Waals surface area contributed by atoms with Crippen LogP contribution in [0.5, 0.6) is 0 Å². The summed E-state index contributed by atoms with van der Waals surface area (Å²) in [5, 5.41) is 9.07. The first-order valence-electron chi connectivity index (χ1n) is 6.32. The van der Waals surface area contributed by atoms with Crippen molar-refractivity contribution in [1.82, 2.24) is 4.98 Å². The number of hydrogen-bond acceptors (Lipinski definition) is 3. The van der Waals surface area contributed by atoms with E-state index in [0.717, 1.165) is 11.6 Å². The molecule has 1 aromatic heterocycles. The molecule has 0 spiro atoms. The fourth-order valence-electron chi connectivity index (χ4n) is 1.93. The number of nitrogens with zero attached hydrogens (tertiary/aromatic N) is 1. The van der Waals surface area contributed by atoms with Crippen LogP contribution in [0.3, 0.4) is 0 Å². The average Bonchev–Trinajstić information content (AvgIpc) is 2.45. The molecule has 2 aromatic rings. The van der Waals surface area contributed by atoms with Crippen molar-refractivity contribution in [1.29, 1.82) is 0 Å². The molecule has 0 fully saturated rings. The van der Waals surface area contributed by atoms with Crippen LogP contribution in [0, 0.1) is 6.92 Å². The molecule has 7 heteroatoms. The summed E-state index contributed by atoms with van der Waals surface area (Å²) in [7, 11) is 0. The van der Waals surface area contributed by atoms with Crippen LogP contribution in [0.15, 0.2) is 36.5 Å². The van der Waals surface area contributed by atoms with Gasteiger partial charge < -0.3 is 10.8 Å².